The van der Waals surface area contributed by atoms with Gasteiger partial charge in [-0.1, -0.05) is 57.1 Å². The monoisotopic (exact) mass is 323 g/mol. The molecule has 0 aromatic heterocycles. The lowest BCUT2D eigenvalue weighted by molar-refractivity contribution is -0.137. The number of allylic oxidation sites excluding steroid dienone is 2. The van der Waals surface area contributed by atoms with Crippen LogP contribution < -0.4 is 5.73 Å². The molecular weight excluding hydrogens is 286 g/mol. The fourth-order valence-electron chi connectivity index (χ4n) is 3.73. The quantitative estimate of drug-likeness (QED) is 0.357. The SMILES string of the molecule is NCCC(CCCCC=CCCC1CCCCC1)CCC(=O)O. The summed E-state index contributed by atoms with van der Waals surface area (Å²) >= 11 is 0. The molecule has 0 spiro atoms. The maximum atomic E-state index is 10.7. The molecule has 3 N–H and O–H groups in total. The number of carboxylic acids is 1. The summed E-state index contributed by atoms with van der Waals surface area (Å²) in [6, 6.07) is 0. The highest BCUT2D eigenvalue weighted by Crippen LogP contribution is 2.27. The van der Waals surface area contributed by atoms with Crippen molar-refractivity contribution < 1.29 is 9.90 Å². The average molecular weight is 324 g/mol. The van der Waals surface area contributed by atoms with Gasteiger partial charge in [0, 0.05) is 6.42 Å². The Morgan fingerprint density at radius 2 is 1.78 bits per heavy atom. The van der Waals surface area contributed by atoms with Gasteiger partial charge < -0.3 is 10.8 Å². The third kappa shape index (κ3) is 11.4. The summed E-state index contributed by atoms with van der Waals surface area (Å²) in [4.78, 5) is 10.7. The fourth-order valence-corrected chi connectivity index (χ4v) is 3.73. The van der Waals surface area contributed by atoms with Crippen LogP contribution in [-0.4, -0.2) is 17.6 Å². The maximum absolute atomic E-state index is 10.7. The molecule has 0 saturated heterocycles. The lowest BCUT2D eigenvalue weighted by Gasteiger charge is -2.20. The standard InChI is InChI=1S/C20H37NO2/c21-17-16-19(14-15-20(22)23)13-7-4-2-1-3-6-10-18-11-8-5-9-12-18/h1,3,18-19H,2,4-17,21H2,(H,22,23). The Kier molecular flexibility index (Phi) is 11.9. The maximum Gasteiger partial charge on any atom is 0.303 e. The Balaban J connectivity index is 1.99. The van der Waals surface area contributed by atoms with Crippen LogP contribution in [0.2, 0.25) is 0 Å². The molecule has 1 atom stereocenters. The van der Waals surface area contributed by atoms with Crippen molar-refractivity contribution in [3.8, 4) is 0 Å². The van der Waals surface area contributed by atoms with Crippen LogP contribution in [0, 0.1) is 11.8 Å². The largest absolute Gasteiger partial charge is 0.481 e. The number of hydrogen-bond acceptors (Lipinski definition) is 2. The van der Waals surface area contributed by atoms with E-state index in [2.05, 4.69) is 12.2 Å². The zero-order valence-electron chi connectivity index (χ0n) is 14.8. The average Bonchev–Trinajstić information content (AvgIpc) is 2.55. The smallest absolute Gasteiger partial charge is 0.303 e. The highest BCUT2D eigenvalue weighted by molar-refractivity contribution is 5.66. The molecule has 0 aromatic rings. The second-order valence-corrected chi connectivity index (χ2v) is 7.21. The number of aliphatic carboxylic acids is 1. The molecule has 23 heavy (non-hydrogen) atoms. The van der Waals surface area contributed by atoms with Crippen molar-refractivity contribution in [1.82, 2.24) is 0 Å². The van der Waals surface area contributed by atoms with Crippen molar-refractivity contribution in [2.45, 2.75) is 89.9 Å². The van der Waals surface area contributed by atoms with Gasteiger partial charge in [0.05, 0.1) is 0 Å². The first-order valence-corrected chi connectivity index (χ1v) is 9.79. The van der Waals surface area contributed by atoms with Crippen LogP contribution in [0.5, 0.6) is 0 Å². The van der Waals surface area contributed by atoms with Gasteiger partial charge in [-0.3, -0.25) is 4.79 Å². The Morgan fingerprint density at radius 3 is 2.48 bits per heavy atom. The predicted molar refractivity (Wildman–Crippen MR) is 97.4 cm³/mol. The first-order chi connectivity index (χ1) is 11.2. The summed E-state index contributed by atoms with van der Waals surface area (Å²) in [6.45, 7) is 0.672. The molecule has 1 unspecified atom stereocenters. The molecule has 1 rings (SSSR count). The van der Waals surface area contributed by atoms with Gasteiger partial charge in [0.25, 0.3) is 0 Å². The van der Waals surface area contributed by atoms with Crippen molar-refractivity contribution in [2.24, 2.45) is 17.6 Å². The van der Waals surface area contributed by atoms with E-state index in [-0.39, 0.29) is 6.42 Å². The third-order valence-corrected chi connectivity index (χ3v) is 5.21. The molecule has 1 aliphatic rings. The van der Waals surface area contributed by atoms with Gasteiger partial charge in [0.15, 0.2) is 0 Å². The number of carboxylic acid groups (broad SMARTS) is 1. The van der Waals surface area contributed by atoms with Crippen LogP contribution in [-0.2, 0) is 4.79 Å². The molecule has 1 aliphatic carbocycles. The molecule has 3 heteroatoms. The molecule has 3 nitrogen and oxygen atoms in total. The summed E-state index contributed by atoms with van der Waals surface area (Å²) in [6.07, 6.45) is 21.3. The summed E-state index contributed by atoms with van der Waals surface area (Å²) in [5.74, 6) is 0.791. The van der Waals surface area contributed by atoms with Crippen LogP contribution in [0.1, 0.15) is 89.9 Å². The van der Waals surface area contributed by atoms with E-state index in [4.69, 9.17) is 10.8 Å². The third-order valence-electron chi connectivity index (χ3n) is 5.21. The topological polar surface area (TPSA) is 63.3 Å². The zero-order chi connectivity index (χ0) is 16.8. The molecule has 1 saturated carbocycles. The zero-order valence-corrected chi connectivity index (χ0v) is 14.8. The van der Waals surface area contributed by atoms with E-state index in [0.717, 1.165) is 25.2 Å². The molecule has 0 radical (unpaired) electrons. The van der Waals surface area contributed by atoms with Crippen molar-refractivity contribution in [2.75, 3.05) is 6.54 Å². The minimum absolute atomic E-state index is 0.283. The Labute approximate surface area is 142 Å². The molecule has 0 aromatic carbocycles. The van der Waals surface area contributed by atoms with Gasteiger partial charge in [-0.2, -0.15) is 0 Å². The molecule has 1 fully saturated rings. The van der Waals surface area contributed by atoms with Gasteiger partial charge in [-0.15, -0.1) is 0 Å². The van der Waals surface area contributed by atoms with E-state index in [9.17, 15) is 4.79 Å². The summed E-state index contributed by atoms with van der Waals surface area (Å²) in [7, 11) is 0. The number of nitrogens with two attached hydrogens (primary N) is 1. The van der Waals surface area contributed by atoms with Crippen molar-refractivity contribution in [3.63, 3.8) is 0 Å². The van der Waals surface area contributed by atoms with Crippen LogP contribution in [0.3, 0.4) is 0 Å². The molecule has 134 valence electrons. The van der Waals surface area contributed by atoms with Crippen LogP contribution in [0.4, 0.5) is 0 Å². The van der Waals surface area contributed by atoms with Gasteiger partial charge >= 0.3 is 5.97 Å². The van der Waals surface area contributed by atoms with E-state index in [1.165, 1.54) is 64.2 Å². The first kappa shape index (κ1) is 20.2. The second-order valence-electron chi connectivity index (χ2n) is 7.21. The number of hydrogen-bond donors (Lipinski definition) is 2. The number of carbonyl (C=O) groups is 1. The summed E-state index contributed by atoms with van der Waals surface area (Å²) in [5.41, 5.74) is 5.62. The van der Waals surface area contributed by atoms with Crippen LogP contribution in [0.25, 0.3) is 0 Å². The van der Waals surface area contributed by atoms with Crippen molar-refractivity contribution in [3.05, 3.63) is 12.2 Å². The molecular formula is C20H37NO2. The molecule has 0 aliphatic heterocycles. The van der Waals surface area contributed by atoms with E-state index in [1.807, 2.05) is 0 Å². The lowest BCUT2D eigenvalue weighted by Crippen LogP contribution is -2.10. The van der Waals surface area contributed by atoms with Crippen LogP contribution in [0.15, 0.2) is 12.2 Å². The number of rotatable bonds is 13. The van der Waals surface area contributed by atoms with Crippen molar-refractivity contribution >= 4 is 5.97 Å². The molecule has 0 heterocycles. The molecule has 0 bridgehead atoms. The Morgan fingerprint density at radius 1 is 1.04 bits per heavy atom. The van der Waals surface area contributed by atoms with Gasteiger partial charge in [-0.25, -0.2) is 0 Å². The minimum atomic E-state index is -0.687. The van der Waals surface area contributed by atoms with E-state index >= 15 is 0 Å². The lowest BCUT2D eigenvalue weighted by atomic mass is 9.86. The van der Waals surface area contributed by atoms with Gasteiger partial charge in [-0.05, 0) is 56.9 Å². The first-order valence-electron chi connectivity index (χ1n) is 9.79. The van der Waals surface area contributed by atoms with E-state index in [1.54, 1.807) is 0 Å². The fraction of sp³-hybridized carbons (Fsp3) is 0.850. The summed E-state index contributed by atoms with van der Waals surface area (Å²) in [5, 5.41) is 8.78. The Bertz CT molecular complexity index is 322. The summed E-state index contributed by atoms with van der Waals surface area (Å²) < 4.78 is 0. The minimum Gasteiger partial charge on any atom is -0.481 e. The van der Waals surface area contributed by atoms with Gasteiger partial charge in [0.2, 0.25) is 0 Å². The highest BCUT2D eigenvalue weighted by atomic mass is 16.4. The highest BCUT2D eigenvalue weighted by Gasteiger charge is 2.12. The van der Waals surface area contributed by atoms with Crippen molar-refractivity contribution in [1.29, 1.82) is 0 Å². The number of unbranched alkanes of at least 4 members (excludes halogenated alkanes) is 2. The molecule has 0 amide bonds. The predicted octanol–water partition coefficient (Wildman–Crippen LogP) is 5.29. The van der Waals surface area contributed by atoms with E-state index in [0.29, 0.717) is 12.5 Å². The van der Waals surface area contributed by atoms with E-state index < -0.39 is 5.97 Å². The second kappa shape index (κ2) is 13.6. The normalized spacial score (nSPS) is 17.6. The Hall–Kier alpha value is -0.830. The van der Waals surface area contributed by atoms with Crippen LogP contribution >= 0.6 is 0 Å². The van der Waals surface area contributed by atoms with Gasteiger partial charge in [0.1, 0.15) is 0 Å².